The second-order valence-electron chi connectivity index (χ2n) is 6.12. The number of hydrogen-bond donors (Lipinski definition) is 1. The molecule has 1 unspecified atom stereocenters. The van der Waals surface area contributed by atoms with Crippen LogP contribution in [-0.2, 0) is 12.0 Å². The molecule has 0 bridgehead atoms. The number of aliphatic imine (C=N–C) groups is 1. The van der Waals surface area contributed by atoms with Crippen LogP contribution in [0.4, 0.5) is 4.39 Å². The van der Waals surface area contributed by atoms with Crippen LogP contribution in [0.25, 0.3) is 0 Å². The second kappa shape index (κ2) is 6.43. The molecule has 1 aliphatic heterocycles. The lowest BCUT2D eigenvalue weighted by Crippen LogP contribution is -2.29. The van der Waals surface area contributed by atoms with Gasteiger partial charge in [-0.3, -0.25) is 9.79 Å². The highest BCUT2D eigenvalue weighted by Gasteiger charge is 2.30. The van der Waals surface area contributed by atoms with Crippen molar-refractivity contribution in [3.8, 4) is 0 Å². The van der Waals surface area contributed by atoms with E-state index in [2.05, 4.69) is 4.99 Å². The summed E-state index contributed by atoms with van der Waals surface area (Å²) in [6.45, 7) is 3.71. The molecule has 1 aromatic carbocycles. The molecule has 24 heavy (non-hydrogen) atoms. The highest BCUT2D eigenvalue weighted by Crippen LogP contribution is 2.35. The summed E-state index contributed by atoms with van der Waals surface area (Å²) in [6, 6.07) is 6.47. The van der Waals surface area contributed by atoms with Gasteiger partial charge in [-0.2, -0.15) is 0 Å². The third-order valence-corrected chi connectivity index (χ3v) is 5.17. The standard InChI is InChI=1S/C18H19FN2O2S/c1-11-14(5-7-23-11)16(22)10-12-9-13(3-4-15(12)19)18(2)6-8-24-17(20)21-18/h3-5,7,9H,6,8,10H2,1-2H3,(H2,20,21). The van der Waals surface area contributed by atoms with E-state index in [9.17, 15) is 9.18 Å². The van der Waals surface area contributed by atoms with Crippen LogP contribution in [0.1, 0.15) is 40.6 Å². The van der Waals surface area contributed by atoms with Gasteiger partial charge in [0.15, 0.2) is 11.0 Å². The van der Waals surface area contributed by atoms with Gasteiger partial charge in [-0.05, 0) is 43.5 Å². The first kappa shape index (κ1) is 16.8. The molecular weight excluding hydrogens is 327 g/mol. The van der Waals surface area contributed by atoms with E-state index in [1.54, 1.807) is 25.1 Å². The molecular formula is C18H19FN2O2S. The van der Waals surface area contributed by atoms with Crippen LogP contribution in [0.15, 0.2) is 39.9 Å². The van der Waals surface area contributed by atoms with Gasteiger partial charge in [0, 0.05) is 12.2 Å². The van der Waals surface area contributed by atoms with E-state index in [1.807, 2.05) is 6.92 Å². The molecule has 0 radical (unpaired) electrons. The summed E-state index contributed by atoms with van der Waals surface area (Å²) < 4.78 is 19.4. The monoisotopic (exact) mass is 346 g/mol. The molecule has 0 saturated heterocycles. The molecule has 2 heterocycles. The number of furan rings is 1. The molecule has 1 aromatic heterocycles. The van der Waals surface area contributed by atoms with Gasteiger partial charge in [0.05, 0.1) is 17.4 Å². The van der Waals surface area contributed by atoms with Crippen LogP contribution in [0, 0.1) is 12.7 Å². The van der Waals surface area contributed by atoms with E-state index in [0.717, 1.165) is 17.7 Å². The van der Waals surface area contributed by atoms with Crippen LogP contribution in [0.2, 0.25) is 0 Å². The largest absolute Gasteiger partial charge is 0.469 e. The minimum absolute atomic E-state index is 0.00985. The van der Waals surface area contributed by atoms with Gasteiger partial charge in [0.1, 0.15) is 11.6 Å². The minimum Gasteiger partial charge on any atom is -0.469 e. The molecule has 1 atom stereocenters. The Kier molecular flexibility index (Phi) is 4.49. The molecule has 6 heteroatoms. The van der Waals surface area contributed by atoms with Crippen molar-refractivity contribution in [2.45, 2.75) is 32.2 Å². The number of halogens is 1. The number of aryl methyl sites for hydroxylation is 1. The molecule has 126 valence electrons. The molecule has 4 nitrogen and oxygen atoms in total. The first-order chi connectivity index (χ1) is 11.4. The Morgan fingerprint density at radius 2 is 2.25 bits per heavy atom. The maximum atomic E-state index is 14.2. The Bertz CT molecular complexity index is 815. The molecule has 3 rings (SSSR count). The number of Topliss-reactive ketones (excluding diaryl/α,β-unsaturated/α-hetero) is 1. The number of rotatable bonds is 4. The molecule has 0 fully saturated rings. The van der Waals surface area contributed by atoms with Crippen molar-refractivity contribution in [3.05, 3.63) is 58.8 Å². The van der Waals surface area contributed by atoms with Gasteiger partial charge in [-0.25, -0.2) is 4.39 Å². The lowest BCUT2D eigenvalue weighted by atomic mass is 9.87. The average Bonchev–Trinajstić information content (AvgIpc) is 2.95. The van der Waals surface area contributed by atoms with Crippen LogP contribution in [0.5, 0.6) is 0 Å². The first-order valence-corrected chi connectivity index (χ1v) is 8.72. The summed E-state index contributed by atoms with van der Waals surface area (Å²) in [7, 11) is 0. The Labute approximate surface area is 144 Å². The fraction of sp³-hybridized carbons (Fsp3) is 0.333. The summed E-state index contributed by atoms with van der Waals surface area (Å²) >= 11 is 1.52. The predicted molar refractivity (Wildman–Crippen MR) is 93.9 cm³/mol. The predicted octanol–water partition coefficient (Wildman–Crippen LogP) is 3.82. The van der Waals surface area contributed by atoms with Crippen LogP contribution < -0.4 is 5.73 Å². The fourth-order valence-corrected chi connectivity index (χ4v) is 3.86. The Balaban J connectivity index is 1.91. The molecule has 0 aliphatic carbocycles. The van der Waals surface area contributed by atoms with Crippen LogP contribution in [0.3, 0.4) is 0 Å². The maximum absolute atomic E-state index is 14.2. The third kappa shape index (κ3) is 3.24. The zero-order chi connectivity index (χ0) is 17.3. The number of benzene rings is 1. The van der Waals surface area contributed by atoms with E-state index in [1.165, 1.54) is 24.1 Å². The lowest BCUT2D eigenvalue weighted by molar-refractivity contribution is 0.0990. The van der Waals surface area contributed by atoms with E-state index in [-0.39, 0.29) is 18.0 Å². The Hall–Kier alpha value is -2.08. The quantitative estimate of drug-likeness (QED) is 0.855. The van der Waals surface area contributed by atoms with E-state index >= 15 is 0 Å². The molecule has 0 saturated carbocycles. The van der Waals surface area contributed by atoms with Crippen molar-refractivity contribution in [2.24, 2.45) is 10.7 Å². The van der Waals surface area contributed by atoms with Gasteiger partial charge < -0.3 is 10.2 Å². The van der Waals surface area contributed by atoms with Gasteiger partial charge >= 0.3 is 0 Å². The summed E-state index contributed by atoms with van der Waals surface area (Å²) in [5, 5.41) is 0.541. The minimum atomic E-state index is -0.480. The summed E-state index contributed by atoms with van der Waals surface area (Å²) in [5.41, 5.74) is 7.10. The highest BCUT2D eigenvalue weighted by molar-refractivity contribution is 8.13. The number of thioether (sulfide) groups is 1. The smallest absolute Gasteiger partial charge is 0.170 e. The fourth-order valence-electron chi connectivity index (χ4n) is 2.88. The van der Waals surface area contributed by atoms with E-state index in [0.29, 0.717) is 22.1 Å². The van der Waals surface area contributed by atoms with Crippen molar-refractivity contribution in [1.29, 1.82) is 0 Å². The van der Waals surface area contributed by atoms with E-state index < -0.39 is 5.54 Å². The topological polar surface area (TPSA) is 68.6 Å². The molecule has 0 spiro atoms. The zero-order valence-corrected chi connectivity index (χ0v) is 14.5. The molecule has 1 aliphatic rings. The number of hydrogen-bond acceptors (Lipinski definition) is 5. The van der Waals surface area contributed by atoms with Gasteiger partial charge in [0.2, 0.25) is 0 Å². The Morgan fingerprint density at radius 3 is 2.92 bits per heavy atom. The molecule has 0 amide bonds. The maximum Gasteiger partial charge on any atom is 0.170 e. The number of amidine groups is 1. The van der Waals surface area contributed by atoms with Gasteiger partial charge in [-0.1, -0.05) is 23.9 Å². The normalized spacial score (nSPS) is 20.7. The summed E-state index contributed by atoms with van der Waals surface area (Å²) in [6.07, 6.45) is 2.27. The number of nitrogens with zero attached hydrogens (tertiary/aromatic N) is 1. The van der Waals surface area contributed by atoms with Gasteiger partial charge in [0.25, 0.3) is 0 Å². The summed E-state index contributed by atoms with van der Waals surface area (Å²) in [5.74, 6) is 0.861. The molecule has 2 N–H and O–H groups in total. The van der Waals surface area contributed by atoms with Crippen molar-refractivity contribution in [1.82, 2.24) is 0 Å². The van der Waals surface area contributed by atoms with Crippen LogP contribution >= 0.6 is 11.8 Å². The number of nitrogens with two attached hydrogens (primary N) is 1. The number of carbonyl (C=O) groups excluding carboxylic acids is 1. The van der Waals surface area contributed by atoms with Crippen molar-refractivity contribution in [2.75, 3.05) is 5.75 Å². The molecule has 2 aromatic rings. The van der Waals surface area contributed by atoms with Crippen LogP contribution in [-0.4, -0.2) is 16.7 Å². The summed E-state index contributed by atoms with van der Waals surface area (Å²) in [4.78, 5) is 16.9. The average molecular weight is 346 g/mol. The van der Waals surface area contributed by atoms with Gasteiger partial charge in [-0.15, -0.1) is 0 Å². The second-order valence-corrected chi connectivity index (χ2v) is 7.23. The van der Waals surface area contributed by atoms with Crippen molar-refractivity contribution >= 4 is 22.7 Å². The van der Waals surface area contributed by atoms with Crippen molar-refractivity contribution < 1.29 is 13.6 Å². The highest BCUT2D eigenvalue weighted by atomic mass is 32.2. The first-order valence-electron chi connectivity index (χ1n) is 7.73. The lowest BCUT2D eigenvalue weighted by Gasteiger charge is -2.30. The number of ketones is 1. The SMILES string of the molecule is Cc1occc1C(=O)Cc1cc(C2(C)CCSC(N)=N2)ccc1F. The van der Waals surface area contributed by atoms with E-state index in [4.69, 9.17) is 10.2 Å². The van der Waals surface area contributed by atoms with Crippen molar-refractivity contribution in [3.63, 3.8) is 0 Å². The third-order valence-electron chi connectivity index (χ3n) is 4.37. The zero-order valence-electron chi connectivity index (χ0n) is 13.6. The Morgan fingerprint density at radius 1 is 1.46 bits per heavy atom. The number of carbonyl (C=O) groups is 1.